The summed E-state index contributed by atoms with van der Waals surface area (Å²) in [6, 6.07) is 25.8. The lowest BCUT2D eigenvalue weighted by Crippen LogP contribution is -2.22. The molecule has 0 spiro atoms. The Hall–Kier alpha value is -4.63. The Balaban J connectivity index is 1.26. The van der Waals surface area contributed by atoms with Crippen LogP contribution in [0.4, 0.5) is 0 Å². The lowest BCUT2D eigenvalue weighted by molar-refractivity contribution is -0.149. The Morgan fingerprint density at radius 1 is 0.739 bits per heavy atom. The highest BCUT2D eigenvalue weighted by Gasteiger charge is 2.33. The van der Waals surface area contributed by atoms with Crippen LogP contribution in [-0.4, -0.2) is 41.1 Å². The minimum absolute atomic E-state index is 0.0136. The zero-order valence-electron chi connectivity index (χ0n) is 26.1. The van der Waals surface area contributed by atoms with E-state index in [1.54, 1.807) is 31.2 Å². The van der Waals surface area contributed by atoms with Gasteiger partial charge in [-0.3, -0.25) is 4.79 Å². The SMILES string of the molecule is CC(=O)c1cccc(CCc2ccc(CO)c(COC(=O)c3cc(CCc4cccc(C5(C)OCCO5)c4)ccc3C(=O)O)c2)c1. The largest absolute Gasteiger partial charge is 0.478 e. The molecule has 1 saturated heterocycles. The third-order valence-corrected chi connectivity index (χ3v) is 8.36. The lowest BCUT2D eigenvalue weighted by atomic mass is 9.97. The van der Waals surface area contributed by atoms with Crippen molar-refractivity contribution in [2.24, 2.45) is 0 Å². The third-order valence-electron chi connectivity index (χ3n) is 8.36. The summed E-state index contributed by atoms with van der Waals surface area (Å²) >= 11 is 0. The number of Topliss-reactive ketones (excluding diaryl/α,β-unsaturated/α-hetero) is 1. The fourth-order valence-electron chi connectivity index (χ4n) is 5.66. The molecule has 0 saturated carbocycles. The van der Waals surface area contributed by atoms with Crippen molar-refractivity contribution in [1.29, 1.82) is 0 Å². The lowest BCUT2D eigenvalue weighted by Gasteiger charge is -2.23. The van der Waals surface area contributed by atoms with Gasteiger partial charge in [0.25, 0.3) is 0 Å². The predicted octanol–water partition coefficient (Wildman–Crippen LogP) is 6.23. The molecule has 0 aliphatic carbocycles. The van der Waals surface area contributed by atoms with Crippen LogP contribution in [0.15, 0.2) is 84.9 Å². The van der Waals surface area contributed by atoms with E-state index in [4.69, 9.17) is 14.2 Å². The van der Waals surface area contributed by atoms with E-state index < -0.39 is 17.7 Å². The number of ether oxygens (including phenoxy) is 3. The molecular weight excluding hydrogens is 584 g/mol. The summed E-state index contributed by atoms with van der Waals surface area (Å²) in [6.45, 7) is 4.17. The average Bonchev–Trinajstić information content (AvgIpc) is 3.53. The van der Waals surface area contributed by atoms with Crippen LogP contribution in [-0.2, 0) is 58.9 Å². The zero-order valence-corrected chi connectivity index (χ0v) is 26.1. The molecule has 4 aromatic rings. The normalized spacial score (nSPS) is 13.8. The molecule has 8 heteroatoms. The maximum atomic E-state index is 13.3. The molecule has 0 amide bonds. The molecule has 1 fully saturated rings. The van der Waals surface area contributed by atoms with Crippen molar-refractivity contribution in [3.8, 4) is 0 Å². The molecule has 1 aliphatic rings. The molecule has 0 unspecified atom stereocenters. The van der Waals surface area contributed by atoms with Crippen LogP contribution >= 0.6 is 0 Å². The van der Waals surface area contributed by atoms with Gasteiger partial charge in [0.15, 0.2) is 11.6 Å². The van der Waals surface area contributed by atoms with Gasteiger partial charge in [-0.25, -0.2) is 9.59 Å². The van der Waals surface area contributed by atoms with Gasteiger partial charge in [-0.15, -0.1) is 0 Å². The minimum atomic E-state index is -1.22. The number of carbonyl (C=O) groups excluding carboxylic acids is 2. The monoisotopic (exact) mass is 622 g/mol. The molecule has 238 valence electrons. The fourth-order valence-corrected chi connectivity index (χ4v) is 5.66. The first-order valence-corrected chi connectivity index (χ1v) is 15.4. The molecule has 0 atom stereocenters. The Bertz CT molecular complexity index is 1730. The van der Waals surface area contributed by atoms with Gasteiger partial charge in [0, 0.05) is 11.1 Å². The predicted molar refractivity (Wildman–Crippen MR) is 172 cm³/mol. The number of hydrogen-bond donors (Lipinski definition) is 2. The highest BCUT2D eigenvalue weighted by molar-refractivity contribution is 6.02. The first-order chi connectivity index (χ1) is 22.1. The molecular formula is C38H38O8. The summed E-state index contributed by atoms with van der Waals surface area (Å²) < 4.78 is 17.2. The van der Waals surface area contributed by atoms with Crippen molar-refractivity contribution in [2.75, 3.05) is 13.2 Å². The van der Waals surface area contributed by atoms with Crippen LogP contribution < -0.4 is 0 Å². The first-order valence-electron chi connectivity index (χ1n) is 15.4. The van der Waals surface area contributed by atoms with Crippen LogP contribution in [0.25, 0.3) is 0 Å². The third kappa shape index (κ3) is 7.95. The molecule has 46 heavy (non-hydrogen) atoms. The Morgan fingerprint density at radius 3 is 2.00 bits per heavy atom. The average molecular weight is 623 g/mol. The smallest absolute Gasteiger partial charge is 0.339 e. The summed E-state index contributed by atoms with van der Waals surface area (Å²) in [5.41, 5.74) is 6.57. The first kappa shape index (κ1) is 32.8. The zero-order chi connectivity index (χ0) is 32.7. The number of carboxylic acid groups (broad SMARTS) is 1. The standard InChI is InChI=1S/C38H38O8/c1-25(40)30-7-3-5-26(19-30)9-11-28-13-15-31(23-39)32(20-28)24-44-37(43)35-22-29(14-16-34(35)36(41)42)12-10-27-6-4-8-33(21-27)38(2)45-17-18-46-38/h3-8,13-16,19-22,39H,9-12,17-18,23-24H2,1-2H3,(H,41,42). The molecule has 0 radical (unpaired) electrons. The van der Waals surface area contributed by atoms with E-state index in [1.165, 1.54) is 6.07 Å². The number of aliphatic hydroxyl groups is 1. The van der Waals surface area contributed by atoms with Crippen LogP contribution in [0.5, 0.6) is 0 Å². The van der Waals surface area contributed by atoms with Crippen molar-refractivity contribution in [3.63, 3.8) is 0 Å². The minimum Gasteiger partial charge on any atom is -0.478 e. The van der Waals surface area contributed by atoms with Gasteiger partial charge >= 0.3 is 11.9 Å². The topological polar surface area (TPSA) is 119 Å². The Labute approximate surface area is 268 Å². The number of aryl methyl sites for hydroxylation is 4. The van der Waals surface area contributed by atoms with Crippen LogP contribution in [0, 0.1) is 0 Å². The van der Waals surface area contributed by atoms with E-state index >= 15 is 0 Å². The Kier molecular flexibility index (Phi) is 10.4. The molecule has 1 heterocycles. The molecule has 1 aliphatic heterocycles. The number of benzene rings is 4. The van der Waals surface area contributed by atoms with Crippen LogP contribution in [0.2, 0.25) is 0 Å². The number of carbonyl (C=O) groups is 3. The van der Waals surface area contributed by atoms with Gasteiger partial charge in [-0.2, -0.15) is 0 Å². The number of aromatic carboxylic acids is 1. The molecule has 2 N–H and O–H groups in total. The number of ketones is 1. The van der Waals surface area contributed by atoms with E-state index in [9.17, 15) is 24.6 Å². The van der Waals surface area contributed by atoms with E-state index in [2.05, 4.69) is 0 Å². The highest BCUT2D eigenvalue weighted by atomic mass is 16.7. The summed E-state index contributed by atoms with van der Waals surface area (Å²) in [5.74, 6) is -2.73. The van der Waals surface area contributed by atoms with Gasteiger partial charge in [-0.1, -0.05) is 66.7 Å². The van der Waals surface area contributed by atoms with Crippen molar-refractivity contribution >= 4 is 17.7 Å². The number of rotatable bonds is 13. The summed E-state index contributed by atoms with van der Waals surface area (Å²) in [6.07, 6.45) is 2.63. The van der Waals surface area contributed by atoms with Crippen molar-refractivity contribution in [2.45, 2.75) is 58.5 Å². The van der Waals surface area contributed by atoms with E-state index in [0.29, 0.717) is 55.6 Å². The quantitative estimate of drug-likeness (QED) is 0.133. The summed E-state index contributed by atoms with van der Waals surface area (Å²) in [4.78, 5) is 37.0. The second kappa shape index (κ2) is 14.6. The van der Waals surface area contributed by atoms with Crippen molar-refractivity contribution in [1.82, 2.24) is 0 Å². The molecule has 0 aromatic heterocycles. The van der Waals surface area contributed by atoms with Crippen LogP contribution in [0.3, 0.4) is 0 Å². The number of esters is 1. The van der Waals surface area contributed by atoms with Gasteiger partial charge < -0.3 is 24.4 Å². The maximum absolute atomic E-state index is 13.3. The summed E-state index contributed by atoms with van der Waals surface area (Å²) in [7, 11) is 0. The second-order valence-corrected chi connectivity index (χ2v) is 11.6. The van der Waals surface area contributed by atoms with Crippen molar-refractivity contribution in [3.05, 3.63) is 141 Å². The van der Waals surface area contributed by atoms with Gasteiger partial charge in [0.2, 0.25) is 0 Å². The molecule has 5 rings (SSSR count). The highest BCUT2D eigenvalue weighted by Crippen LogP contribution is 2.31. The second-order valence-electron chi connectivity index (χ2n) is 11.6. The summed E-state index contributed by atoms with van der Waals surface area (Å²) in [5, 5.41) is 19.7. The molecule has 4 aromatic carbocycles. The number of hydrogen-bond acceptors (Lipinski definition) is 7. The van der Waals surface area contributed by atoms with E-state index in [-0.39, 0.29) is 30.1 Å². The maximum Gasteiger partial charge on any atom is 0.339 e. The number of carboxylic acids is 1. The molecule has 0 bridgehead atoms. The van der Waals surface area contributed by atoms with Gasteiger partial charge in [0.05, 0.1) is 30.9 Å². The van der Waals surface area contributed by atoms with Gasteiger partial charge in [0.1, 0.15) is 6.61 Å². The Morgan fingerprint density at radius 2 is 1.35 bits per heavy atom. The molecule has 8 nitrogen and oxygen atoms in total. The van der Waals surface area contributed by atoms with Crippen molar-refractivity contribution < 1.29 is 38.8 Å². The number of aliphatic hydroxyl groups excluding tert-OH is 1. The van der Waals surface area contributed by atoms with Crippen LogP contribution in [0.1, 0.15) is 83.9 Å². The fraction of sp³-hybridized carbons (Fsp3) is 0.289. The van der Waals surface area contributed by atoms with Gasteiger partial charge in [-0.05, 0) is 91.1 Å². The van der Waals surface area contributed by atoms with E-state index in [0.717, 1.165) is 27.8 Å². The van der Waals surface area contributed by atoms with E-state index in [1.807, 2.05) is 61.5 Å².